The van der Waals surface area contributed by atoms with Crippen LogP contribution < -0.4 is 11.1 Å². The molecule has 1 aromatic carbocycles. The number of hydrogen-bond donors (Lipinski definition) is 2. The van der Waals surface area contributed by atoms with Gasteiger partial charge in [-0.1, -0.05) is 31.2 Å². The van der Waals surface area contributed by atoms with Crippen LogP contribution in [0.3, 0.4) is 0 Å². The largest absolute Gasteiger partial charge is 0.352 e. The van der Waals surface area contributed by atoms with Gasteiger partial charge < -0.3 is 11.1 Å². The molecule has 0 saturated carbocycles. The fourth-order valence-electron chi connectivity index (χ4n) is 1.75. The third-order valence-electron chi connectivity index (χ3n) is 3.38. The second-order valence-electron chi connectivity index (χ2n) is 5.29. The van der Waals surface area contributed by atoms with E-state index in [2.05, 4.69) is 24.4 Å². The zero-order valence-corrected chi connectivity index (χ0v) is 13.0. The molecule has 0 aliphatic carbocycles. The fraction of sp³-hybridized carbons (Fsp3) is 0.533. The summed E-state index contributed by atoms with van der Waals surface area (Å²) in [6, 6.07) is 8.23. The molecule has 0 heterocycles. The van der Waals surface area contributed by atoms with Crippen LogP contribution in [-0.2, 0) is 16.6 Å². The maximum atomic E-state index is 12.2. The van der Waals surface area contributed by atoms with E-state index in [4.69, 9.17) is 5.73 Å². The molecule has 1 aromatic rings. The Bertz CT molecular complexity index is 401. The maximum absolute atomic E-state index is 12.2. The molecular weight excluding hydrogens is 260 g/mol. The number of aryl methyl sites for hydroxylation is 1. The highest BCUT2D eigenvalue weighted by Crippen LogP contribution is 2.24. The summed E-state index contributed by atoms with van der Waals surface area (Å²) in [5.41, 5.74) is 7.31. The molecule has 3 N–H and O–H groups in total. The zero-order chi connectivity index (χ0) is 13.8. The van der Waals surface area contributed by atoms with E-state index in [1.54, 1.807) is 0 Å². The summed E-state index contributed by atoms with van der Waals surface area (Å²) >= 11 is 0. The van der Waals surface area contributed by atoms with Crippen molar-refractivity contribution < 1.29 is 4.79 Å². The summed E-state index contributed by atoms with van der Waals surface area (Å²) in [6.07, 6.45) is 1.01. The average molecular weight is 285 g/mol. The van der Waals surface area contributed by atoms with Gasteiger partial charge >= 0.3 is 0 Å². The van der Waals surface area contributed by atoms with Gasteiger partial charge in [-0.3, -0.25) is 4.79 Å². The van der Waals surface area contributed by atoms with Crippen molar-refractivity contribution in [1.82, 2.24) is 5.32 Å². The Morgan fingerprint density at radius 2 is 1.84 bits per heavy atom. The normalized spacial score (nSPS) is 12.5. The molecule has 0 aliphatic heterocycles. The van der Waals surface area contributed by atoms with Crippen LogP contribution in [0.4, 0.5) is 0 Å². The number of rotatable bonds is 5. The molecule has 1 atom stereocenters. The van der Waals surface area contributed by atoms with Crippen molar-refractivity contribution in [2.24, 2.45) is 5.73 Å². The minimum absolute atomic E-state index is 0. The van der Waals surface area contributed by atoms with E-state index in [1.165, 1.54) is 5.56 Å². The molecule has 0 fully saturated rings. The number of carbonyl (C=O) groups excluding carboxylic acids is 1. The minimum Gasteiger partial charge on any atom is -0.352 e. The van der Waals surface area contributed by atoms with Crippen LogP contribution >= 0.6 is 12.4 Å². The van der Waals surface area contributed by atoms with E-state index in [1.807, 2.05) is 32.9 Å². The molecule has 0 spiro atoms. The zero-order valence-electron chi connectivity index (χ0n) is 12.2. The third kappa shape index (κ3) is 4.51. The van der Waals surface area contributed by atoms with Crippen LogP contribution in [-0.4, -0.2) is 18.5 Å². The van der Waals surface area contributed by atoms with Crippen molar-refractivity contribution in [2.75, 3.05) is 6.54 Å². The molecule has 108 valence electrons. The second-order valence-corrected chi connectivity index (χ2v) is 5.29. The number of halogens is 1. The van der Waals surface area contributed by atoms with Crippen LogP contribution in [0.5, 0.6) is 0 Å². The highest BCUT2D eigenvalue weighted by Gasteiger charge is 2.30. The molecule has 19 heavy (non-hydrogen) atoms. The van der Waals surface area contributed by atoms with Gasteiger partial charge in [0.1, 0.15) is 0 Å². The third-order valence-corrected chi connectivity index (χ3v) is 3.38. The summed E-state index contributed by atoms with van der Waals surface area (Å²) in [4.78, 5) is 12.2. The van der Waals surface area contributed by atoms with E-state index in [0.717, 1.165) is 12.0 Å². The van der Waals surface area contributed by atoms with E-state index >= 15 is 0 Å². The van der Waals surface area contributed by atoms with Crippen molar-refractivity contribution in [3.63, 3.8) is 0 Å². The summed E-state index contributed by atoms with van der Waals surface area (Å²) in [5, 5.41) is 2.93. The number of carbonyl (C=O) groups is 1. The molecule has 0 unspecified atom stereocenters. The predicted molar refractivity (Wildman–Crippen MR) is 82.8 cm³/mol. The van der Waals surface area contributed by atoms with Crippen LogP contribution in [0.15, 0.2) is 24.3 Å². The lowest BCUT2D eigenvalue weighted by molar-refractivity contribution is -0.126. The Morgan fingerprint density at radius 1 is 1.32 bits per heavy atom. The number of benzene rings is 1. The molecule has 4 heteroatoms. The van der Waals surface area contributed by atoms with Gasteiger partial charge in [0.05, 0.1) is 5.41 Å². The monoisotopic (exact) mass is 284 g/mol. The van der Waals surface area contributed by atoms with Crippen molar-refractivity contribution in [2.45, 2.75) is 45.6 Å². The summed E-state index contributed by atoms with van der Waals surface area (Å²) in [5.74, 6) is 0.0182. The number of hydrogen-bond acceptors (Lipinski definition) is 2. The van der Waals surface area contributed by atoms with Crippen molar-refractivity contribution in [3.8, 4) is 0 Å². The van der Waals surface area contributed by atoms with Gasteiger partial charge in [-0.05, 0) is 38.3 Å². The van der Waals surface area contributed by atoms with E-state index < -0.39 is 5.41 Å². The van der Waals surface area contributed by atoms with E-state index in [9.17, 15) is 4.79 Å². The smallest absolute Gasteiger partial charge is 0.230 e. The van der Waals surface area contributed by atoms with Crippen LogP contribution in [0.1, 0.15) is 38.8 Å². The van der Waals surface area contributed by atoms with Gasteiger partial charge in [-0.15, -0.1) is 12.4 Å². The quantitative estimate of drug-likeness (QED) is 0.872. The fourth-order valence-corrected chi connectivity index (χ4v) is 1.75. The van der Waals surface area contributed by atoms with Gasteiger partial charge in [0, 0.05) is 12.6 Å². The summed E-state index contributed by atoms with van der Waals surface area (Å²) < 4.78 is 0. The molecule has 1 amide bonds. The minimum atomic E-state index is -0.532. The molecule has 1 rings (SSSR count). The summed E-state index contributed by atoms with van der Waals surface area (Å²) in [7, 11) is 0. The standard InChI is InChI=1S/C15H24N2O.ClH/c1-5-12-6-8-13(9-7-12)15(3,4)14(18)17-11(2)10-16;/h6-9,11H,5,10,16H2,1-4H3,(H,17,18);1H/t11-;/m0./s1. The van der Waals surface area contributed by atoms with Crippen molar-refractivity contribution >= 4 is 18.3 Å². The van der Waals surface area contributed by atoms with E-state index in [-0.39, 0.29) is 24.4 Å². The highest BCUT2D eigenvalue weighted by atomic mass is 35.5. The lowest BCUT2D eigenvalue weighted by Crippen LogP contribution is -2.46. The van der Waals surface area contributed by atoms with Crippen molar-refractivity contribution in [1.29, 1.82) is 0 Å². The SMILES string of the molecule is CCc1ccc(C(C)(C)C(=O)N[C@@H](C)CN)cc1.Cl. The molecule has 3 nitrogen and oxygen atoms in total. The van der Waals surface area contributed by atoms with Crippen molar-refractivity contribution in [3.05, 3.63) is 35.4 Å². The maximum Gasteiger partial charge on any atom is 0.230 e. The van der Waals surface area contributed by atoms with Gasteiger partial charge in [-0.25, -0.2) is 0 Å². The number of amides is 1. The molecule has 0 bridgehead atoms. The lowest BCUT2D eigenvalue weighted by Gasteiger charge is -2.26. The van der Waals surface area contributed by atoms with E-state index in [0.29, 0.717) is 6.54 Å². The summed E-state index contributed by atoms with van der Waals surface area (Å²) in [6.45, 7) is 8.36. The van der Waals surface area contributed by atoms with Gasteiger partial charge in [0.15, 0.2) is 0 Å². The topological polar surface area (TPSA) is 55.1 Å². The molecule has 0 radical (unpaired) electrons. The van der Waals surface area contributed by atoms with Gasteiger partial charge in [0.25, 0.3) is 0 Å². The first kappa shape index (κ1) is 17.9. The second kappa shape index (κ2) is 7.51. The first-order chi connectivity index (χ1) is 8.41. The molecule has 0 aromatic heterocycles. The van der Waals surface area contributed by atoms with Crippen LogP contribution in [0.2, 0.25) is 0 Å². The first-order valence-electron chi connectivity index (χ1n) is 6.52. The Balaban J connectivity index is 0.00000324. The Labute approximate surface area is 122 Å². The lowest BCUT2D eigenvalue weighted by atomic mass is 9.83. The molecule has 0 aliphatic rings. The Kier molecular flexibility index (Phi) is 7.09. The van der Waals surface area contributed by atoms with Crippen LogP contribution in [0, 0.1) is 0 Å². The number of nitrogens with one attached hydrogen (secondary N) is 1. The number of nitrogens with two attached hydrogens (primary N) is 1. The Morgan fingerprint density at radius 3 is 2.26 bits per heavy atom. The van der Waals surface area contributed by atoms with Gasteiger partial charge in [0.2, 0.25) is 5.91 Å². The van der Waals surface area contributed by atoms with Crippen LogP contribution in [0.25, 0.3) is 0 Å². The highest BCUT2D eigenvalue weighted by molar-refractivity contribution is 5.87. The van der Waals surface area contributed by atoms with Gasteiger partial charge in [-0.2, -0.15) is 0 Å². The average Bonchev–Trinajstić information content (AvgIpc) is 2.38. The Hall–Kier alpha value is -1.06. The predicted octanol–water partition coefficient (Wildman–Crippen LogP) is 2.41. The first-order valence-corrected chi connectivity index (χ1v) is 6.52. The molecule has 0 saturated heterocycles. The molecular formula is C15H25ClN2O.